The van der Waals surface area contributed by atoms with Gasteiger partial charge in [0.2, 0.25) is 0 Å². The Balaban J connectivity index is 0. The van der Waals surface area contributed by atoms with Crippen molar-refractivity contribution < 1.29 is 44.2 Å². The van der Waals surface area contributed by atoms with E-state index in [0.717, 1.165) is 6.26 Å². The van der Waals surface area contributed by atoms with Gasteiger partial charge in [0.1, 0.15) is 0 Å². The molecule has 0 spiro atoms. The Morgan fingerprint density at radius 1 is 1.75 bits per heavy atom. The fraction of sp³-hybridized carbons (Fsp3) is 0.250. The number of esters is 1. The third-order valence-electron chi connectivity index (χ3n) is 0.294. The van der Waals surface area contributed by atoms with Crippen LogP contribution >= 0.6 is 0 Å². The monoisotopic (exact) mass is 125 g/mol. The zero-order chi connectivity index (χ0) is 5.70. The fourth-order valence-corrected chi connectivity index (χ4v) is 0.126. The number of ether oxygens (including phenoxy) is 1. The summed E-state index contributed by atoms with van der Waals surface area (Å²) in [6.45, 7) is 1.33. The van der Waals surface area contributed by atoms with E-state index in [1.54, 1.807) is 0 Å². The first-order valence-corrected chi connectivity index (χ1v) is 1.73. The van der Waals surface area contributed by atoms with Crippen LogP contribution in [0.5, 0.6) is 0 Å². The Labute approximate surface area is 69.6 Å². The van der Waals surface area contributed by atoms with E-state index in [1.807, 2.05) is 0 Å². The van der Waals surface area contributed by atoms with Gasteiger partial charge in [0, 0.05) is 0 Å². The summed E-state index contributed by atoms with van der Waals surface area (Å²) < 4.78 is 4.17. The second-order valence-electron chi connectivity index (χ2n) is 0.909. The van der Waals surface area contributed by atoms with Gasteiger partial charge in [0.25, 0.3) is 0 Å². The van der Waals surface area contributed by atoms with Crippen molar-refractivity contribution in [2.45, 2.75) is 6.92 Å². The Morgan fingerprint density at radius 3 is 2.38 bits per heavy atom. The van der Waals surface area contributed by atoms with Gasteiger partial charge < -0.3 is 9.90 Å². The van der Waals surface area contributed by atoms with Crippen molar-refractivity contribution in [1.82, 2.24) is 0 Å². The molecule has 0 saturated heterocycles. The van der Waals surface area contributed by atoms with Crippen molar-refractivity contribution >= 4 is 5.97 Å². The van der Waals surface area contributed by atoms with Crippen LogP contribution in [0, 0.1) is 0 Å². The quantitative estimate of drug-likeness (QED) is 0.157. The molecule has 0 aromatic carbocycles. The molecular weight excluding hydrogens is 119 g/mol. The largest absolute Gasteiger partial charge is 1.00 e. The average Bonchev–Trinajstić information content (AvgIpc) is 1.61. The average molecular weight is 125 g/mol. The van der Waals surface area contributed by atoms with Crippen LogP contribution in [0.2, 0.25) is 0 Å². The molecular formula is C4H6NaO3+. The van der Waals surface area contributed by atoms with Crippen molar-refractivity contribution in [3.05, 3.63) is 12.5 Å². The van der Waals surface area contributed by atoms with Gasteiger partial charge in [-0.15, -0.1) is 0 Å². The topological polar surface area (TPSA) is 53.7 Å². The molecule has 4 heteroatoms. The van der Waals surface area contributed by atoms with Crippen LogP contribution in [-0.2, 0) is 4.74 Å². The van der Waals surface area contributed by atoms with Crippen molar-refractivity contribution in [3.8, 4) is 0 Å². The van der Waals surface area contributed by atoms with Gasteiger partial charge in [-0.25, -0.2) is 0 Å². The molecule has 40 valence electrons. The van der Waals surface area contributed by atoms with Crippen LogP contribution in [0.1, 0.15) is 6.92 Å². The van der Waals surface area contributed by atoms with E-state index in [2.05, 4.69) is 4.74 Å². The molecule has 0 radical (unpaired) electrons. The Hall–Kier alpha value is 0.0100. The first-order valence-electron chi connectivity index (χ1n) is 1.73. The normalized spacial score (nSPS) is 8.12. The van der Waals surface area contributed by atoms with Gasteiger partial charge in [-0.3, -0.25) is 4.74 Å². The van der Waals surface area contributed by atoms with Gasteiger partial charge in [-0.05, 0) is 0 Å². The number of hydrogen-bond acceptors (Lipinski definition) is 2. The minimum atomic E-state index is -0.230. The molecule has 0 aliphatic heterocycles. The molecule has 0 aromatic rings. The van der Waals surface area contributed by atoms with E-state index in [4.69, 9.17) is 4.79 Å². The van der Waals surface area contributed by atoms with E-state index in [1.165, 1.54) is 6.92 Å². The van der Waals surface area contributed by atoms with Crippen LogP contribution < -0.4 is 34.7 Å². The molecule has 0 aromatic heterocycles. The van der Waals surface area contributed by atoms with Crippen LogP contribution in [0.3, 0.4) is 0 Å². The molecule has 0 atom stereocenters. The van der Waals surface area contributed by atoms with Crippen LogP contribution in [-0.4, -0.2) is 10.8 Å². The maximum atomic E-state index is 9.40. The molecule has 0 unspecified atom stereocenters. The van der Waals surface area contributed by atoms with E-state index in [0.29, 0.717) is 6.26 Å². The molecule has 0 fully saturated rings. The summed E-state index contributed by atoms with van der Waals surface area (Å²) in [5.41, 5.74) is 0. The summed E-state index contributed by atoms with van der Waals surface area (Å²) in [4.78, 5) is 8.19. The molecule has 3 nitrogen and oxygen atoms in total. The van der Waals surface area contributed by atoms with Gasteiger partial charge in [0.05, 0.1) is 6.92 Å². The van der Waals surface area contributed by atoms with Crippen molar-refractivity contribution in [1.29, 1.82) is 0 Å². The van der Waals surface area contributed by atoms with Crippen molar-refractivity contribution in [2.75, 3.05) is 0 Å². The summed E-state index contributed by atoms with van der Waals surface area (Å²) >= 11 is 0. The van der Waals surface area contributed by atoms with E-state index < -0.39 is 0 Å². The van der Waals surface area contributed by atoms with E-state index in [9.17, 15) is 5.11 Å². The first kappa shape index (κ1) is 10.9. The molecule has 0 heterocycles. The summed E-state index contributed by atoms with van der Waals surface area (Å²) in [7, 11) is 0. The number of hydrogen-bond donors (Lipinski definition) is 0. The summed E-state index contributed by atoms with van der Waals surface area (Å²) in [5.74, 6) is -0.230. The first-order chi connectivity index (χ1) is 3.27. The predicted octanol–water partition coefficient (Wildman–Crippen LogP) is -3.64. The molecule has 0 amide bonds. The summed E-state index contributed by atoms with van der Waals surface area (Å²) in [6, 6.07) is 0. The van der Waals surface area contributed by atoms with Gasteiger partial charge in [-0.1, -0.05) is 6.26 Å². The Bertz CT molecular complexity index is 89.3. The van der Waals surface area contributed by atoms with Gasteiger partial charge in [0.15, 0.2) is 6.26 Å². The van der Waals surface area contributed by atoms with Crippen molar-refractivity contribution in [2.24, 2.45) is 0 Å². The number of rotatable bonds is 1. The maximum Gasteiger partial charge on any atom is 1.00 e. The SMILES string of the molecule is CC(=[OH+])OC=C[O-].[Na+]. The minimum Gasteiger partial charge on any atom is -0.874 e. The maximum absolute atomic E-state index is 9.40. The van der Waals surface area contributed by atoms with Gasteiger partial charge in [-0.2, -0.15) is 0 Å². The zero-order valence-electron chi connectivity index (χ0n) is 4.92. The molecule has 0 rings (SSSR count). The molecule has 0 aliphatic rings. The summed E-state index contributed by atoms with van der Waals surface area (Å²) in [5, 5.41) is 9.40. The zero-order valence-corrected chi connectivity index (χ0v) is 6.92. The van der Waals surface area contributed by atoms with E-state index >= 15 is 0 Å². The van der Waals surface area contributed by atoms with Gasteiger partial charge >= 0.3 is 35.5 Å². The molecule has 0 saturated carbocycles. The third-order valence-corrected chi connectivity index (χ3v) is 0.294. The van der Waals surface area contributed by atoms with Crippen LogP contribution in [0.15, 0.2) is 12.5 Å². The predicted molar refractivity (Wildman–Crippen MR) is 22.8 cm³/mol. The van der Waals surface area contributed by atoms with Crippen LogP contribution in [0.25, 0.3) is 0 Å². The summed E-state index contributed by atoms with van der Waals surface area (Å²) in [6.07, 6.45) is 1.30. The molecule has 0 aliphatic carbocycles. The van der Waals surface area contributed by atoms with Crippen LogP contribution in [0.4, 0.5) is 0 Å². The second kappa shape index (κ2) is 7.01. The molecule has 1 N–H and O–H groups in total. The Morgan fingerprint density at radius 2 is 2.25 bits per heavy atom. The number of carbonyl (C=O) groups excluding carboxylic acids is 1. The van der Waals surface area contributed by atoms with E-state index in [-0.39, 0.29) is 35.5 Å². The second-order valence-corrected chi connectivity index (χ2v) is 0.909. The smallest absolute Gasteiger partial charge is 0.874 e. The Kier molecular flexibility index (Phi) is 9.55. The standard InChI is InChI=1S/C4H6O3.Na/c1-4(6)7-3-2-5;/h2-3,5H,1H3;/q;+1. The third kappa shape index (κ3) is 9.38. The van der Waals surface area contributed by atoms with Crippen molar-refractivity contribution in [3.63, 3.8) is 0 Å². The molecule has 8 heavy (non-hydrogen) atoms. The fourth-order valence-electron chi connectivity index (χ4n) is 0.126. The molecule has 0 bridgehead atoms. The minimum absolute atomic E-state index is 0.